The number of carbonyl (C=O) groups is 1. The molecule has 1 aromatic heterocycles. The van der Waals surface area contributed by atoms with Gasteiger partial charge in [-0.1, -0.05) is 23.7 Å². The van der Waals surface area contributed by atoms with E-state index in [1.807, 2.05) is 17.8 Å². The fraction of sp³-hybridized carbons (Fsp3) is 0.286. The average molecular weight is 281 g/mol. The third kappa shape index (κ3) is 3.41. The zero-order valence-corrected chi connectivity index (χ0v) is 11.3. The number of Topliss-reactive ketones (excluding diaryl/α,β-unsaturated/α-hetero) is 1. The molecule has 5 heteroatoms. The molecule has 3 nitrogen and oxygen atoms in total. The van der Waals surface area contributed by atoms with Crippen LogP contribution < -0.4 is 0 Å². The molecular formula is C14H14ClFN2O. The number of nitrogens with zero attached hydrogens (tertiary/aromatic N) is 2. The molecule has 0 N–H and O–H groups in total. The maximum absolute atomic E-state index is 13.6. The fourth-order valence-corrected chi connectivity index (χ4v) is 2.07. The molecular weight excluding hydrogens is 267 g/mol. The largest absolute Gasteiger partial charge is 0.338 e. The van der Waals surface area contributed by atoms with Crippen molar-refractivity contribution < 1.29 is 9.18 Å². The fourth-order valence-electron chi connectivity index (χ4n) is 1.87. The predicted octanol–water partition coefficient (Wildman–Crippen LogP) is 2.96. The highest BCUT2D eigenvalue weighted by Crippen LogP contribution is 2.18. The molecule has 0 fully saturated rings. The smallest absolute Gasteiger partial charge is 0.145 e. The van der Waals surface area contributed by atoms with Crippen LogP contribution in [0.3, 0.4) is 0 Å². The first-order valence-electron chi connectivity index (χ1n) is 5.98. The molecule has 0 unspecified atom stereocenters. The standard InChI is InChI=1S/C14H14ClFN2O/c1-18-8-7-17-13(18)6-5-11(19)9-10-3-2-4-12(15)14(10)16/h2-4,7-8H,5-6,9H2,1H3. The Bertz CT molecular complexity index is 595. The number of carbonyl (C=O) groups excluding carboxylic acids is 1. The lowest BCUT2D eigenvalue weighted by atomic mass is 10.1. The number of hydrogen-bond acceptors (Lipinski definition) is 2. The molecule has 2 aromatic rings. The van der Waals surface area contributed by atoms with Crippen LogP contribution in [0.4, 0.5) is 4.39 Å². The zero-order valence-electron chi connectivity index (χ0n) is 10.6. The van der Waals surface area contributed by atoms with E-state index in [1.165, 1.54) is 6.07 Å². The summed E-state index contributed by atoms with van der Waals surface area (Å²) in [5.41, 5.74) is 0.345. The number of aryl methyl sites for hydroxylation is 2. The van der Waals surface area contributed by atoms with E-state index >= 15 is 0 Å². The summed E-state index contributed by atoms with van der Waals surface area (Å²) in [6.45, 7) is 0. The number of aromatic nitrogens is 2. The lowest BCUT2D eigenvalue weighted by Gasteiger charge is -2.04. The molecule has 100 valence electrons. The van der Waals surface area contributed by atoms with Crippen molar-refractivity contribution >= 4 is 17.4 Å². The van der Waals surface area contributed by atoms with Crippen LogP contribution in [0.5, 0.6) is 0 Å². The Morgan fingerprint density at radius 1 is 1.47 bits per heavy atom. The van der Waals surface area contributed by atoms with Crippen LogP contribution in [-0.2, 0) is 24.7 Å². The quantitative estimate of drug-likeness (QED) is 0.844. The first kappa shape index (κ1) is 13.7. The minimum atomic E-state index is -0.505. The molecule has 0 spiro atoms. The predicted molar refractivity (Wildman–Crippen MR) is 71.7 cm³/mol. The highest BCUT2D eigenvalue weighted by Gasteiger charge is 2.11. The summed E-state index contributed by atoms with van der Waals surface area (Å²) in [5.74, 6) is 0.318. The van der Waals surface area contributed by atoms with Crippen LogP contribution in [0.25, 0.3) is 0 Å². The van der Waals surface area contributed by atoms with E-state index in [2.05, 4.69) is 4.98 Å². The van der Waals surface area contributed by atoms with Gasteiger partial charge in [-0.2, -0.15) is 0 Å². The van der Waals surface area contributed by atoms with Gasteiger partial charge in [0.25, 0.3) is 0 Å². The number of benzene rings is 1. The van der Waals surface area contributed by atoms with Gasteiger partial charge in [0, 0.05) is 38.7 Å². The van der Waals surface area contributed by atoms with Crippen molar-refractivity contribution in [3.05, 3.63) is 52.8 Å². The first-order chi connectivity index (χ1) is 9.08. The zero-order chi connectivity index (χ0) is 13.8. The Kier molecular flexibility index (Phi) is 4.32. The van der Waals surface area contributed by atoms with Crippen LogP contribution in [0, 0.1) is 5.82 Å². The summed E-state index contributed by atoms with van der Waals surface area (Å²) in [5, 5.41) is 0.0504. The molecule has 0 atom stereocenters. The Morgan fingerprint density at radius 3 is 2.95 bits per heavy atom. The second kappa shape index (κ2) is 5.97. The number of halogens is 2. The van der Waals surface area contributed by atoms with Gasteiger partial charge in [0.15, 0.2) is 0 Å². The number of imidazole rings is 1. The molecule has 0 radical (unpaired) electrons. The number of ketones is 1. The van der Waals surface area contributed by atoms with E-state index in [0.29, 0.717) is 18.4 Å². The maximum atomic E-state index is 13.6. The molecule has 0 saturated heterocycles. The Balaban J connectivity index is 1.95. The van der Waals surface area contributed by atoms with E-state index in [-0.39, 0.29) is 17.2 Å². The maximum Gasteiger partial charge on any atom is 0.145 e. The van der Waals surface area contributed by atoms with Crippen LogP contribution in [0.2, 0.25) is 5.02 Å². The molecule has 0 aliphatic rings. The highest BCUT2D eigenvalue weighted by molar-refractivity contribution is 6.30. The topological polar surface area (TPSA) is 34.9 Å². The molecule has 1 aromatic carbocycles. The monoisotopic (exact) mass is 280 g/mol. The average Bonchev–Trinajstić information content (AvgIpc) is 2.78. The lowest BCUT2D eigenvalue weighted by molar-refractivity contribution is -0.118. The van der Waals surface area contributed by atoms with Gasteiger partial charge in [-0.3, -0.25) is 4.79 Å². The van der Waals surface area contributed by atoms with Crippen molar-refractivity contribution in [1.82, 2.24) is 9.55 Å². The summed E-state index contributed by atoms with van der Waals surface area (Å²) in [4.78, 5) is 16.0. The molecule has 19 heavy (non-hydrogen) atoms. The van der Waals surface area contributed by atoms with Gasteiger partial charge in [0.05, 0.1) is 5.02 Å². The van der Waals surface area contributed by atoms with Crippen molar-refractivity contribution in [3.8, 4) is 0 Å². The van der Waals surface area contributed by atoms with Gasteiger partial charge in [-0.15, -0.1) is 0 Å². The van der Waals surface area contributed by atoms with Crippen LogP contribution in [0.15, 0.2) is 30.6 Å². The molecule has 0 bridgehead atoms. The van der Waals surface area contributed by atoms with Gasteiger partial charge < -0.3 is 4.57 Å². The molecule has 2 rings (SSSR count). The highest BCUT2D eigenvalue weighted by atomic mass is 35.5. The van der Waals surface area contributed by atoms with Gasteiger partial charge in [-0.05, 0) is 11.6 Å². The summed E-state index contributed by atoms with van der Waals surface area (Å²) in [6.07, 6.45) is 4.49. The van der Waals surface area contributed by atoms with Crippen molar-refractivity contribution in [2.45, 2.75) is 19.3 Å². The van der Waals surface area contributed by atoms with E-state index in [4.69, 9.17) is 11.6 Å². The van der Waals surface area contributed by atoms with Gasteiger partial charge in [-0.25, -0.2) is 9.37 Å². The third-order valence-corrected chi connectivity index (χ3v) is 3.26. The summed E-state index contributed by atoms with van der Waals surface area (Å²) in [7, 11) is 1.88. The van der Waals surface area contributed by atoms with Crippen LogP contribution >= 0.6 is 11.6 Å². The Morgan fingerprint density at radius 2 is 2.26 bits per heavy atom. The minimum Gasteiger partial charge on any atom is -0.338 e. The molecule has 1 heterocycles. The van der Waals surface area contributed by atoms with E-state index < -0.39 is 5.82 Å². The molecule has 0 aliphatic carbocycles. The molecule has 0 aliphatic heterocycles. The van der Waals surface area contributed by atoms with E-state index in [0.717, 1.165) is 5.82 Å². The van der Waals surface area contributed by atoms with E-state index in [9.17, 15) is 9.18 Å². The molecule has 0 saturated carbocycles. The normalized spacial score (nSPS) is 10.7. The Labute approximate surface area is 116 Å². The second-order valence-electron chi connectivity index (χ2n) is 4.38. The summed E-state index contributed by atoms with van der Waals surface area (Å²) >= 11 is 5.68. The minimum absolute atomic E-state index is 0.0239. The van der Waals surface area contributed by atoms with Gasteiger partial charge in [0.1, 0.15) is 17.4 Å². The van der Waals surface area contributed by atoms with Crippen molar-refractivity contribution in [1.29, 1.82) is 0 Å². The van der Waals surface area contributed by atoms with Crippen molar-refractivity contribution in [2.24, 2.45) is 7.05 Å². The number of hydrogen-bond donors (Lipinski definition) is 0. The summed E-state index contributed by atoms with van der Waals surface area (Å²) in [6, 6.07) is 4.70. The van der Waals surface area contributed by atoms with Crippen LogP contribution in [-0.4, -0.2) is 15.3 Å². The van der Waals surface area contributed by atoms with E-state index in [1.54, 1.807) is 18.3 Å². The SMILES string of the molecule is Cn1ccnc1CCC(=O)Cc1cccc(Cl)c1F. The lowest BCUT2D eigenvalue weighted by Crippen LogP contribution is -2.08. The molecule has 0 amide bonds. The third-order valence-electron chi connectivity index (χ3n) is 2.97. The first-order valence-corrected chi connectivity index (χ1v) is 6.36. The van der Waals surface area contributed by atoms with Crippen molar-refractivity contribution in [3.63, 3.8) is 0 Å². The van der Waals surface area contributed by atoms with Gasteiger partial charge in [0.2, 0.25) is 0 Å². The van der Waals surface area contributed by atoms with Gasteiger partial charge >= 0.3 is 0 Å². The Hall–Kier alpha value is -1.68. The summed E-state index contributed by atoms with van der Waals surface area (Å²) < 4.78 is 15.5. The number of rotatable bonds is 5. The second-order valence-corrected chi connectivity index (χ2v) is 4.79. The van der Waals surface area contributed by atoms with Crippen LogP contribution in [0.1, 0.15) is 17.8 Å². The van der Waals surface area contributed by atoms with Crippen molar-refractivity contribution in [2.75, 3.05) is 0 Å².